The summed E-state index contributed by atoms with van der Waals surface area (Å²) < 4.78 is 0. The lowest BCUT2D eigenvalue weighted by Gasteiger charge is -2.37. The molecule has 0 bridgehead atoms. The largest absolute Gasteiger partial charge is 0.389 e. The van der Waals surface area contributed by atoms with Crippen molar-refractivity contribution in [2.24, 2.45) is 0 Å². The van der Waals surface area contributed by atoms with Crippen molar-refractivity contribution in [1.82, 2.24) is 15.1 Å². The molecule has 0 radical (unpaired) electrons. The maximum atomic E-state index is 9.77. The minimum atomic E-state index is -0.568. The fourth-order valence-corrected chi connectivity index (χ4v) is 2.23. The molecule has 102 valence electrons. The predicted octanol–water partition coefficient (Wildman–Crippen LogP) is 0.373. The van der Waals surface area contributed by atoms with Crippen LogP contribution < -0.4 is 5.32 Å². The molecule has 1 fully saturated rings. The number of piperazine rings is 1. The van der Waals surface area contributed by atoms with Gasteiger partial charge in [0.15, 0.2) is 0 Å². The van der Waals surface area contributed by atoms with Gasteiger partial charge in [-0.25, -0.2) is 0 Å². The van der Waals surface area contributed by atoms with Crippen LogP contribution in [0.2, 0.25) is 0 Å². The first-order valence-electron chi connectivity index (χ1n) is 6.77. The molecule has 0 aliphatic carbocycles. The second-order valence-corrected chi connectivity index (χ2v) is 6.04. The lowest BCUT2D eigenvalue weighted by atomic mass is 10.1. The summed E-state index contributed by atoms with van der Waals surface area (Å²) in [5.41, 5.74) is -0.568. The molecule has 0 aromatic rings. The predicted molar refractivity (Wildman–Crippen MR) is 72.3 cm³/mol. The molecule has 0 unspecified atom stereocenters. The lowest BCUT2D eigenvalue weighted by Crippen LogP contribution is -2.51. The van der Waals surface area contributed by atoms with Gasteiger partial charge in [-0.05, 0) is 13.8 Å². The van der Waals surface area contributed by atoms with Crippen molar-refractivity contribution in [2.45, 2.75) is 39.3 Å². The van der Waals surface area contributed by atoms with E-state index >= 15 is 0 Å². The number of hydrogen-bond donors (Lipinski definition) is 2. The molecule has 0 aromatic heterocycles. The number of rotatable bonds is 6. The van der Waals surface area contributed by atoms with Crippen LogP contribution in [-0.2, 0) is 0 Å². The van der Waals surface area contributed by atoms with E-state index in [1.165, 1.54) is 0 Å². The summed E-state index contributed by atoms with van der Waals surface area (Å²) in [6, 6.07) is 0.575. The summed E-state index contributed by atoms with van der Waals surface area (Å²) in [4.78, 5) is 4.85. The highest BCUT2D eigenvalue weighted by molar-refractivity contribution is 4.78. The number of hydrogen-bond acceptors (Lipinski definition) is 4. The number of nitrogens with one attached hydrogen (secondary N) is 1. The molecule has 1 aliphatic heterocycles. The molecule has 0 atom stereocenters. The summed E-state index contributed by atoms with van der Waals surface area (Å²) in [7, 11) is 0. The molecule has 1 rings (SSSR count). The van der Waals surface area contributed by atoms with Crippen LogP contribution in [0.4, 0.5) is 0 Å². The topological polar surface area (TPSA) is 38.7 Å². The summed E-state index contributed by atoms with van der Waals surface area (Å²) in [5, 5.41) is 13.2. The van der Waals surface area contributed by atoms with E-state index in [1.807, 2.05) is 13.8 Å². The Bertz CT molecular complexity index is 205. The van der Waals surface area contributed by atoms with Gasteiger partial charge in [-0.15, -0.1) is 0 Å². The molecule has 0 saturated carbocycles. The van der Waals surface area contributed by atoms with Gasteiger partial charge in [-0.1, -0.05) is 13.8 Å². The average Bonchev–Trinajstić information content (AvgIpc) is 2.18. The van der Waals surface area contributed by atoms with Crippen molar-refractivity contribution in [1.29, 1.82) is 0 Å². The van der Waals surface area contributed by atoms with Crippen LogP contribution in [0.1, 0.15) is 27.7 Å². The van der Waals surface area contributed by atoms with E-state index in [4.69, 9.17) is 0 Å². The first-order valence-corrected chi connectivity index (χ1v) is 6.77. The third kappa shape index (κ3) is 6.99. The Labute approximate surface area is 106 Å². The average molecular weight is 243 g/mol. The fourth-order valence-electron chi connectivity index (χ4n) is 2.23. The lowest BCUT2D eigenvalue weighted by molar-refractivity contribution is 0.0179. The minimum Gasteiger partial charge on any atom is -0.389 e. The van der Waals surface area contributed by atoms with Gasteiger partial charge in [-0.3, -0.25) is 9.80 Å². The van der Waals surface area contributed by atoms with Crippen molar-refractivity contribution in [2.75, 3.05) is 45.8 Å². The van der Waals surface area contributed by atoms with Gasteiger partial charge in [0.25, 0.3) is 0 Å². The molecule has 0 amide bonds. The van der Waals surface area contributed by atoms with Crippen molar-refractivity contribution in [3.63, 3.8) is 0 Å². The minimum absolute atomic E-state index is 0.568. The smallest absolute Gasteiger partial charge is 0.0718 e. The molecule has 0 aromatic carbocycles. The summed E-state index contributed by atoms with van der Waals surface area (Å²) in [6.07, 6.45) is 0. The standard InChI is InChI=1S/C13H29N3O/c1-12(2)14-5-6-15-7-9-16(10-8-15)11-13(3,4)17/h12,14,17H,5-11H2,1-4H3. The Morgan fingerprint density at radius 3 is 2.12 bits per heavy atom. The van der Waals surface area contributed by atoms with Gasteiger partial charge < -0.3 is 10.4 Å². The zero-order chi connectivity index (χ0) is 12.9. The van der Waals surface area contributed by atoms with Crippen LogP contribution >= 0.6 is 0 Å². The van der Waals surface area contributed by atoms with Crippen LogP contribution in [0.25, 0.3) is 0 Å². The Morgan fingerprint density at radius 1 is 1.12 bits per heavy atom. The van der Waals surface area contributed by atoms with Crippen molar-refractivity contribution in [3.05, 3.63) is 0 Å². The monoisotopic (exact) mass is 243 g/mol. The van der Waals surface area contributed by atoms with E-state index in [9.17, 15) is 5.11 Å². The van der Waals surface area contributed by atoms with Gasteiger partial charge in [0.2, 0.25) is 0 Å². The molecule has 2 N–H and O–H groups in total. The SMILES string of the molecule is CC(C)NCCN1CCN(CC(C)(C)O)CC1. The van der Waals surface area contributed by atoms with Crippen LogP contribution in [0.5, 0.6) is 0 Å². The van der Waals surface area contributed by atoms with E-state index < -0.39 is 5.60 Å². The van der Waals surface area contributed by atoms with E-state index in [-0.39, 0.29) is 0 Å². The highest BCUT2D eigenvalue weighted by Crippen LogP contribution is 2.08. The molecule has 4 heteroatoms. The quantitative estimate of drug-likeness (QED) is 0.707. The first kappa shape index (κ1) is 14.9. The third-order valence-corrected chi connectivity index (χ3v) is 3.06. The van der Waals surface area contributed by atoms with Gasteiger partial charge in [0, 0.05) is 51.9 Å². The van der Waals surface area contributed by atoms with Crippen molar-refractivity contribution in [3.8, 4) is 0 Å². The highest BCUT2D eigenvalue weighted by atomic mass is 16.3. The zero-order valence-corrected chi connectivity index (χ0v) is 11.9. The molecule has 4 nitrogen and oxygen atoms in total. The van der Waals surface area contributed by atoms with Gasteiger partial charge in [0.1, 0.15) is 0 Å². The molecular weight excluding hydrogens is 214 g/mol. The fraction of sp³-hybridized carbons (Fsp3) is 1.00. The van der Waals surface area contributed by atoms with E-state index in [2.05, 4.69) is 29.0 Å². The molecular formula is C13H29N3O. The summed E-state index contributed by atoms with van der Waals surface area (Å²) >= 11 is 0. The van der Waals surface area contributed by atoms with Gasteiger partial charge in [0.05, 0.1) is 5.60 Å². The number of β-amino-alcohol motifs (C(OH)–C–C–N with tert-alkyl or cyclic N) is 1. The maximum Gasteiger partial charge on any atom is 0.0718 e. The van der Waals surface area contributed by atoms with Crippen molar-refractivity contribution < 1.29 is 5.11 Å². The summed E-state index contributed by atoms with van der Waals surface area (Å²) in [5.74, 6) is 0. The Hall–Kier alpha value is -0.160. The first-order chi connectivity index (χ1) is 7.87. The molecule has 0 spiro atoms. The van der Waals surface area contributed by atoms with E-state index in [0.29, 0.717) is 6.04 Å². The molecule has 17 heavy (non-hydrogen) atoms. The third-order valence-electron chi connectivity index (χ3n) is 3.06. The zero-order valence-electron chi connectivity index (χ0n) is 11.9. The van der Waals surface area contributed by atoms with E-state index in [0.717, 1.165) is 45.8 Å². The molecule has 1 aliphatic rings. The second kappa shape index (κ2) is 6.69. The maximum absolute atomic E-state index is 9.77. The molecule has 1 saturated heterocycles. The highest BCUT2D eigenvalue weighted by Gasteiger charge is 2.22. The Kier molecular flexibility index (Phi) is 5.86. The van der Waals surface area contributed by atoms with Crippen LogP contribution in [-0.4, -0.2) is 72.4 Å². The van der Waals surface area contributed by atoms with Crippen molar-refractivity contribution >= 4 is 0 Å². The van der Waals surface area contributed by atoms with Crippen LogP contribution in [0.3, 0.4) is 0 Å². The van der Waals surface area contributed by atoms with Gasteiger partial charge in [-0.2, -0.15) is 0 Å². The number of nitrogens with zero attached hydrogens (tertiary/aromatic N) is 2. The van der Waals surface area contributed by atoms with Crippen LogP contribution in [0, 0.1) is 0 Å². The Morgan fingerprint density at radius 2 is 1.65 bits per heavy atom. The van der Waals surface area contributed by atoms with Crippen LogP contribution in [0.15, 0.2) is 0 Å². The van der Waals surface area contributed by atoms with Gasteiger partial charge >= 0.3 is 0 Å². The second-order valence-electron chi connectivity index (χ2n) is 6.04. The molecule has 1 heterocycles. The normalized spacial score (nSPS) is 20.1. The van der Waals surface area contributed by atoms with E-state index in [1.54, 1.807) is 0 Å². The summed E-state index contributed by atoms with van der Waals surface area (Å²) in [6.45, 7) is 15.5. The Balaban J connectivity index is 2.13. The number of aliphatic hydroxyl groups is 1.